The number of ether oxygens (including phenoxy) is 1. The summed E-state index contributed by atoms with van der Waals surface area (Å²) in [5.74, 6) is 0. The number of aryl methyl sites for hydroxylation is 1. The molecule has 0 aromatic heterocycles. The molecule has 0 unspecified atom stereocenters. The quantitative estimate of drug-likeness (QED) is 0.888. The Balaban J connectivity index is 1.73. The van der Waals surface area contributed by atoms with Crippen LogP contribution in [0.3, 0.4) is 0 Å². The molecule has 0 heterocycles. The lowest BCUT2D eigenvalue weighted by molar-refractivity contribution is 0.0475. The van der Waals surface area contributed by atoms with Crippen molar-refractivity contribution in [2.45, 2.75) is 64.6 Å². The molecule has 116 valence electrons. The van der Waals surface area contributed by atoms with E-state index in [1.54, 1.807) is 0 Å². The molecule has 0 spiro atoms. The van der Waals surface area contributed by atoms with Crippen molar-refractivity contribution < 1.29 is 9.53 Å². The first-order valence-electron chi connectivity index (χ1n) is 7.70. The largest absolute Gasteiger partial charge is 0.444 e. The topological polar surface area (TPSA) is 50.4 Å². The van der Waals surface area contributed by atoms with E-state index >= 15 is 0 Å². The zero-order valence-corrected chi connectivity index (χ0v) is 13.4. The Hall–Kier alpha value is -1.71. The monoisotopic (exact) mass is 290 g/mol. The van der Waals surface area contributed by atoms with E-state index in [0.717, 1.165) is 24.9 Å². The number of anilines is 1. The number of nitrogens with one attached hydrogen (secondary N) is 2. The molecule has 1 aliphatic rings. The molecule has 0 bridgehead atoms. The van der Waals surface area contributed by atoms with Gasteiger partial charge in [-0.25, -0.2) is 4.79 Å². The average Bonchev–Trinajstić information content (AvgIpc) is 2.34. The van der Waals surface area contributed by atoms with E-state index in [1.807, 2.05) is 20.8 Å². The smallest absolute Gasteiger partial charge is 0.407 e. The summed E-state index contributed by atoms with van der Waals surface area (Å²) in [6.45, 7) is 7.78. The van der Waals surface area contributed by atoms with Gasteiger partial charge in [0, 0.05) is 17.8 Å². The maximum absolute atomic E-state index is 11.7. The van der Waals surface area contributed by atoms with Crippen molar-refractivity contribution in [3.05, 3.63) is 29.8 Å². The minimum Gasteiger partial charge on any atom is -0.444 e. The standard InChI is InChI=1S/C17H26N2O2/c1-5-12-7-6-8-13(9-12)18-14-10-15(11-14)19-16(20)21-17(2,3)4/h6-9,14-15,18H,5,10-11H2,1-4H3,(H,19,20). The summed E-state index contributed by atoms with van der Waals surface area (Å²) < 4.78 is 5.26. The highest BCUT2D eigenvalue weighted by atomic mass is 16.6. The van der Waals surface area contributed by atoms with Crippen molar-refractivity contribution >= 4 is 11.8 Å². The van der Waals surface area contributed by atoms with E-state index in [-0.39, 0.29) is 12.1 Å². The Morgan fingerprint density at radius 3 is 2.62 bits per heavy atom. The zero-order valence-electron chi connectivity index (χ0n) is 13.4. The van der Waals surface area contributed by atoms with Gasteiger partial charge in [-0.1, -0.05) is 19.1 Å². The number of carbonyl (C=O) groups is 1. The summed E-state index contributed by atoms with van der Waals surface area (Å²) in [6, 6.07) is 9.14. The Labute approximate surface area is 127 Å². The van der Waals surface area contributed by atoms with Crippen LogP contribution < -0.4 is 10.6 Å². The lowest BCUT2D eigenvalue weighted by atomic mass is 9.86. The van der Waals surface area contributed by atoms with Gasteiger partial charge < -0.3 is 15.4 Å². The van der Waals surface area contributed by atoms with Crippen LogP contribution in [0.5, 0.6) is 0 Å². The van der Waals surface area contributed by atoms with Crippen LogP contribution in [-0.4, -0.2) is 23.8 Å². The van der Waals surface area contributed by atoms with Crippen molar-refractivity contribution in [3.8, 4) is 0 Å². The van der Waals surface area contributed by atoms with E-state index in [1.165, 1.54) is 5.56 Å². The highest BCUT2D eigenvalue weighted by molar-refractivity contribution is 5.68. The molecular weight excluding hydrogens is 264 g/mol. The van der Waals surface area contributed by atoms with Gasteiger partial charge in [0.05, 0.1) is 0 Å². The molecule has 1 aromatic carbocycles. The zero-order chi connectivity index (χ0) is 15.5. The van der Waals surface area contributed by atoms with Gasteiger partial charge in [0.1, 0.15) is 5.60 Å². The average molecular weight is 290 g/mol. The van der Waals surface area contributed by atoms with Gasteiger partial charge in [0.15, 0.2) is 0 Å². The van der Waals surface area contributed by atoms with Crippen LogP contribution in [0, 0.1) is 0 Å². The summed E-state index contributed by atoms with van der Waals surface area (Å²) in [4.78, 5) is 11.7. The van der Waals surface area contributed by atoms with Crippen LogP contribution in [0.25, 0.3) is 0 Å². The molecule has 0 radical (unpaired) electrons. The molecule has 0 atom stereocenters. The second-order valence-electron chi connectivity index (χ2n) is 6.71. The molecule has 1 fully saturated rings. The van der Waals surface area contributed by atoms with Crippen LogP contribution in [0.2, 0.25) is 0 Å². The summed E-state index contributed by atoms with van der Waals surface area (Å²) in [6.07, 6.45) is 2.60. The molecule has 2 N–H and O–H groups in total. The fourth-order valence-corrected chi connectivity index (χ4v) is 2.44. The van der Waals surface area contributed by atoms with Crippen LogP contribution in [0.15, 0.2) is 24.3 Å². The minimum atomic E-state index is -0.438. The molecule has 1 aromatic rings. The summed E-state index contributed by atoms with van der Waals surface area (Å²) in [5, 5.41) is 6.42. The van der Waals surface area contributed by atoms with E-state index in [9.17, 15) is 4.79 Å². The highest BCUT2D eigenvalue weighted by Crippen LogP contribution is 2.25. The van der Waals surface area contributed by atoms with E-state index in [4.69, 9.17) is 4.74 Å². The third-order valence-electron chi connectivity index (χ3n) is 3.56. The predicted molar refractivity (Wildman–Crippen MR) is 85.6 cm³/mol. The maximum atomic E-state index is 11.7. The fraction of sp³-hybridized carbons (Fsp3) is 0.588. The first-order chi connectivity index (χ1) is 9.85. The van der Waals surface area contributed by atoms with E-state index < -0.39 is 5.60 Å². The maximum Gasteiger partial charge on any atom is 0.407 e. The van der Waals surface area contributed by atoms with Crippen LogP contribution in [-0.2, 0) is 11.2 Å². The fourth-order valence-electron chi connectivity index (χ4n) is 2.44. The molecular formula is C17H26N2O2. The molecule has 1 amide bonds. The van der Waals surface area contributed by atoms with E-state index in [0.29, 0.717) is 6.04 Å². The van der Waals surface area contributed by atoms with Gasteiger partial charge in [-0.3, -0.25) is 0 Å². The number of alkyl carbamates (subject to hydrolysis) is 1. The number of rotatable bonds is 4. The van der Waals surface area contributed by atoms with Gasteiger partial charge in [0.2, 0.25) is 0 Å². The number of benzene rings is 1. The lowest BCUT2D eigenvalue weighted by Crippen LogP contribution is -2.50. The van der Waals surface area contributed by atoms with E-state index in [2.05, 4.69) is 41.8 Å². The van der Waals surface area contributed by atoms with Crippen LogP contribution in [0.4, 0.5) is 10.5 Å². The SMILES string of the molecule is CCc1cccc(NC2CC(NC(=O)OC(C)(C)C)C2)c1. The highest BCUT2D eigenvalue weighted by Gasteiger charge is 2.31. The lowest BCUT2D eigenvalue weighted by Gasteiger charge is -2.37. The molecule has 21 heavy (non-hydrogen) atoms. The molecule has 1 aliphatic carbocycles. The Bertz CT molecular complexity index is 488. The minimum absolute atomic E-state index is 0.215. The Kier molecular flexibility index (Phi) is 4.76. The third-order valence-corrected chi connectivity index (χ3v) is 3.56. The molecule has 4 nitrogen and oxygen atoms in total. The number of amides is 1. The van der Waals surface area contributed by atoms with Crippen molar-refractivity contribution in [1.82, 2.24) is 5.32 Å². The van der Waals surface area contributed by atoms with Gasteiger partial charge in [-0.2, -0.15) is 0 Å². The Morgan fingerprint density at radius 1 is 1.29 bits per heavy atom. The van der Waals surface area contributed by atoms with Crippen molar-refractivity contribution in [2.24, 2.45) is 0 Å². The second-order valence-corrected chi connectivity index (χ2v) is 6.71. The molecule has 2 rings (SSSR count). The predicted octanol–water partition coefficient (Wildman–Crippen LogP) is 3.72. The molecule has 0 saturated heterocycles. The molecule has 1 saturated carbocycles. The third kappa shape index (κ3) is 4.96. The normalized spacial score (nSPS) is 21.3. The van der Waals surface area contributed by atoms with Crippen LogP contribution in [0.1, 0.15) is 46.1 Å². The van der Waals surface area contributed by atoms with Gasteiger partial charge in [-0.15, -0.1) is 0 Å². The molecule has 0 aliphatic heterocycles. The second kappa shape index (κ2) is 6.37. The van der Waals surface area contributed by atoms with Gasteiger partial charge in [-0.05, 0) is 57.7 Å². The van der Waals surface area contributed by atoms with Crippen molar-refractivity contribution in [3.63, 3.8) is 0 Å². The summed E-state index contributed by atoms with van der Waals surface area (Å²) >= 11 is 0. The number of hydrogen-bond donors (Lipinski definition) is 2. The van der Waals surface area contributed by atoms with Gasteiger partial charge in [0.25, 0.3) is 0 Å². The van der Waals surface area contributed by atoms with Crippen molar-refractivity contribution in [2.75, 3.05) is 5.32 Å². The van der Waals surface area contributed by atoms with Gasteiger partial charge >= 0.3 is 6.09 Å². The summed E-state index contributed by atoms with van der Waals surface area (Å²) in [7, 11) is 0. The Morgan fingerprint density at radius 2 is 2.00 bits per heavy atom. The number of hydrogen-bond acceptors (Lipinski definition) is 3. The number of carbonyl (C=O) groups excluding carboxylic acids is 1. The first-order valence-corrected chi connectivity index (χ1v) is 7.70. The first kappa shape index (κ1) is 15.7. The van der Waals surface area contributed by atoms with Crippen LogP contribution >= 0.6 is 0 Å². The van der Waals surface area contributed by atoms with Crippen molar-refractivity contribution in [1.29, 1.82) is 0 Å². The summed E-state index contributed by atoms with van der Waals surface area (Å²) in [5.41, 5.74) is 2.06. The molecule has 4 heteroatoms.